The van der Waals surface area contributed by atoms with Gasteiger partial charge in [0.1, 0.15) is 17.7 Å². The Morgan fingerprint density at radius 2 is 1.83 bits per heavy atom. The SMILES string of the molecule is O=C(O)N1CCO[C@H](C(=O)N2CCc3ccccc3[C@@H]2c2ccc(F)cc2F)CC1. The maximum Gasteiger partial charge on any atom is 0.407 e. The van der Waals surface area contributed by atoms with Gasteiger partial charge in [-0.15, -0.1) is 0 Å². The van der Waals surface area contributed by atoms with Crippen molar-refractivity contribution in [3.8, 4) is 0 Å². The summed E-state index contributed by atoms with van der Waals surface area (Å²) >= 11 is 0. The number of carbonyl (C=O) groups is 2. The Morgan fingerprint density at radius 1 is 1.03 bits per heavy atom. The van der Waals surface area contributed by atoms with Gasteiger partial charge < -0.3 is 19.6 Å². The molecule has 2 heterocycles. The molecule has 2 aliphatic rings. The van der Waals surface area contributed by atoms with Crippen molar-refractivity contribution >= 4 is 12.0 Å². The number of hydrogen-bond donors (Lipinski definition) is 1. The minimum atomic E-state index is -1.05. The van der Waals surface area contributed by atoms with Crippen LogP contribution in [0.25, 0.3) is 0 Å². The van der Waals surface area contributed by atoms with E-state index < -0.39 is 29.9 Å². The van der Waals surface area contributed by atoms with Crippen LogP contribution < -0.4 is 0 Å². The zero-order chi connectivity index (χ0) is 21.3. The van der Waals surface area contributed by atoms with Crippen LogP contribution in [0.4, 0.5) is 13.6 Å². The van der Waals surface area contributed by atoms with Gasteiger partial charge in [-0.1, -0.05) is 30.3 Å². The first-order valence-electron chi connectivity index (χ1n) is 9.88. The van der Waals surface area contributed by atoms with Gasteiger partial charge in [-0.25, -0.2) is 13.6 Å². The first-order chi connectivity index (χ1) is 14.5. The fourth-order valence-electron chi connectivity index (χ4n) is 4.21. The summed E-state index contributed by atoms with van der Waals surface area (Å²) in [5.74, 6) is -1.71. The molecule has 2 amide bonds. The molecule has 0 unspecified atom stereocenters. The van der Waals surface area contributed by atoms with E-state index in [1.54, 1.807) is 4.90 Å². The molecule has 0 bridgehead atoms. The summed E-state index contributed by atoms with van der Waals surface area (Å²) in [4.78, 5) is 27.4. The lowest BCUT2D eigenvalue weighted by Gasteiger charge is -2.39. The standard InChI is InChI=1S/C22H22F2N2O4/c23-15-5-6-17(18(24)13-15)20-16-4-2-1-3-14(16)7-10-26(20)21(27)19-8-9-25(22(28)29)11-12-30-19/h1-6,13,19-20H,7-12H2,(H,28,29)/t19-,20+/m0/s1. The zero-order valence-electron chi connectivity index (χ0n) is 16.3. The van der Waals surface area contributed by atoms with Crippen molar-refractivity contribution < 1.29 is 28.2 Å². The lowest BCUT2D eigenvalue weighted by atomic mass is 9.87. The smallest absolute Gasteiger partial charge is 0.407 e. The molecule has 2 aromatic carbocycles. The number of amides is 2. The second kappa shape index (κ2) is 8.39. The highest BCUT2D eigenvalue weighted by Gasteiger charge is 2.37. The van der Waals surface area contributed by atoms with Crippen LogP contribution in [-0.2, 0) is 16.0 Å². The summed E-state index contributed by atoms with van der Waals surface area (Å²) in [6.45, 7) is 0.853. The van der Waals surface area contributed by atoms with Crippen LogP contribution in [0.1, 0.15) is 29.2 Å². The number of rotatable bonds is 2. The van der Waals surface area contributed by atoms with E-state index in [4.69, 9.17) is 4.74 Å². The molecule has 6 nitrogen and oxygen atoms in total. The molecular formula is C22H22F2N2O4. The summed E-state index contributed by atoms with van der Waals surface area (Å²) in [5.41, 5.74) is 2.02. The normalized spacial score (nSPS) is 21.7. The van der Waals surface area contributed by atoms with Gasteiger partial charge in [-0.05, 0) is 23.6 Å². The number of carbonyl (C=O) groups excluding carboxylic acids is 1. The molecule has 158 valence electrons. The van der Waals surface area contributed by atoms with Crippen molar-refractivity contribution in [2.45, 2.75) is 25.0 Å². The molecule has 0 spiro atoms. The maximum absolute atomic E-state index is 14.7. The predicted molar refractivity (Wildman–Crippen MR) is 104 cm³/mol. The topological polar surface area (TPSA) is 70.1 Å². The Bertz CT molecular complexity index is 968. The molecule has 4 rings (SSSR count). The largest absolute Gasteiger partial charge is 0.465 e. The van der Waals surface area contributed by atoms with Crippen molar-refractivity contribution in [3.05, 3.63) is 70.8 Å². The number of ether oxygens (including phenoxy) is 1. The lowest BCUT2D eigenvalue weighted by Crippen LogP contribution is -2.46. The molecule has 1 fully saturated rings. The molecule has 0 radical (unpaired) electrons. The fraction of sp³-hybridized carbons (Fsp3) is 0.364. The third-order valence-electron chi connectivity index (χ3n) is 5.71. The van der Waals surface area contributed by atoms with E-state index in [2.05, 4.69) is 0 Å². The van der Waals surface area contributed by atoms with E-state index in [1.165, 1.54) is 17.0 Å². The van der Waals surface area contributed by atoms with Crippen LogP contribution in [0.3, 0.4) is 0 Å². The molecule has 30 heavy (non-hydrogen) atoms. The van der Waals surface area contributed by atoms with Gasteiger partial charge in [0.15, 0.2) is 0 Å². The van der Waals surface area contributed by atoms with Crippen molar-refractivity contribution in [2.24, 2.45) is 0 Å². The van der Waals surface area contributed by atoms with E-state index in [-0.39, 0.29) is 37.6 Å². The second-order valence-electron chi connectivity index (χ2n) is 7.47. The van der Waals surface area contributed by atoms with Crippen molar-refractivity contribution in [3.63, 3.8) is 0 Å². The quantitative estimate of drug-likeness (QED) is 0.816. The molecular weight excluding hydrogens is 394 g/mol. The number of halogens is 2. The summed E-state index contributed by atoms with van der Waals surface area (Å²) in [7, 11) is 0. The van der Waals surface area contributed by atoms with Gasteiger partial charge in [0, 0.05) is 37.7 Å². The maximum atomic E-state index is 14.7. The minimum Gasteiger partial charge on any atom is -0.465 e. The molecule has 2 atom stereocenters. The van der Waals surface area contributed by atoms with E-state index in [0.29, 0.717) is 13.0 Å². The van der Waals surface area contributed by atoms with Gasteiger partial charge in [-0.2, -0.15) is 0 Å². The third kappa shape index (κ3) is 3.87. The summed E-state index contributed by atoms with van der Waals surface area (Å²) < 4.78 is 33.9. The van der Waals surface area contributed by atoms with Crippen LogP contribution in [0.2, 0.25) is 0 Å². The van der Waals surface area contributed by atoms with Crippen LogP contribution in [-0.4, -0.2) is 59.3 Å². The minimum absolute atomic E-state index is 0.114. The number of carboxylic acid groups (broad SMARTS) is 1. The molecule has 1 saturated heterocycles. The van der Waals surface area contributed by atoms with Crippen molar-refractivity contribution in [1.29, 1.82) is 0 Å². The highest BCUT2D eigenvalue weighted by Crippen LogP contribution is 2.37. The van der Waals surface area contributed by atoms with Gasteiger partial charge in [-0.3, -0.25) is 4.79 Å². The molecule has 8 heteroatoms. The van der Waals surface area contributed by atoms with Crippen LogP contribution in [0.5, 0.6) is 0 Å². The number of nitrogens with zero attached hydrogens (tertiary/aromatic N) is 2. The monoisotopic (exact) mass is 416 g/mol. The van der Waals surface area contributed by atoms with Crippen molar-refractivity contribution in [1.82, 2.24) is 9.80 Å². The average molecular weight is 416 g/mol. The number of hydrogen-bond acceptors (Lipinski definition) is 3. The van der Waals surface area contributed by atoms with Crippen molar-refractivity contribution in [2.75, 3.05) is 26.2 Å². The van der Waals surface area contributed by atoms with Gasteiger partial charge in [0.05, 0.1) is 12.6 Å². The van der Waals surface area contributed by atoms with E-state index in [1.807, 2.05) is 24.3 Å². The molecule has 0 aliphatic carbocycles. The average Bonchev–Trinajstić information content (AvgIpc) is 2.99. The summed E-state index contributed by atoms with van der Waals surface area (Å²) in [5, 5.41) is 9.19. The van der Waals surface area contributed by atoms with Gasteiger partial charge in [0.2, 0.25) is 0 Å². The number of fused-ring (bicyclic) bond motifs is 1. The molecule has 2 aliphatic heterocycles. The van der Waals surface area contributed by atoms with Gasteiger partial charge >= 0.3 is 6.09 Å². The Balaban J connectivity index is 1.67. The van der Waals surface area contributed by atoms with E-state index in [0.717, 1.165) is 17.2 Å². The van der Waals surface area contributed by atoms with Crippen LogP contribution in [0.15, 0.2) is 42.5 Å². The highest BCUT2D eigenvalue weighted by atomic mass is 19.1. The Labute approximate surface area is 172 Å². The van der Waals surface area contributed by atoms with E-state index >= 15 is 0 Å². The van der Waals surface area contributed by atoms with Crippen LogP contribution in [0, 0.1) is 11.6 Å². The Kier molecular flexibility index (Phi) is 5.67. The Morgan fingerprint density at radius 3 is 2.60 bits per heavy atom. The Hall–Kier alpha value is -3.00. The fourth-order valence-corrected chi connectivity index (χ4v) is 4.21. The number of benzene rings is 2. The molecule has 0 aromatic heterocycles. The third-order valence-corrected chi connectivity index (χ3v) is 5.71. The molecule has 1 N–H and O–H groups in total. The zero-order valence-corrected chi connectivity index (χ0v) is 16.3. The predicted octanol–water partition coefficient (Wildman–Crippen LogP) is 3.21. The lowest BCUT2D eigenvalue weighted by molar-refractivity contribution is -0.145. The summed E-state index contributed by atoms with van der Waals surface area (Å²) in [6.07, 6.45) is -1.03. The van der Waals surface area contributed by atoms with Crippen LogP contribution >= 0.6 is 0 Å². The molecule has 0 saturated carbocycles. The second-order valence-corrected chi connectivity index (χ2v) is 7.47. The first kappa shape index (κ1) is 20.3. The van der Waals surface area contributed by atoms with E-state index in [9.17, 15) is 23.5 Å². The van der Waals surface area contributed by atoms with Gasteiger partial charge in [0.25, 0.3) is 5.91 Å². The highest BCUT2D eigenvalue weighted by molar-refractivity contribution is 5.82. The molecule has 2 aromatic rings. The summed E-state index contributed by atoms with van der Waals surface area (Å²) in [6, 6.07) is 10.2. The first-order valence-corrected chi connectivity index (χ1v) is 9.88.